The fourth-order valence-electron chi connectivity index (χ4n) is 9.35. The molecule has 12 rings (SSSR count). The third-order valence-corrected chi connectivity index (χ3v) is 12.4. The number of nitrogens with zero attached hydrogens (tertiary/aromatic N) is 2. The lowest BCUT2D eigenvalue weighted by atomic mass is 9.99. The van der Waals surface area contributed by atoms with E-state index < -0.39 is 0 Å². The number of rotatable bonds is 8. The molecule has 0 saturated carbocycles. The quantitative estimate of drug-likeness (QED) is 0.153. The number of benzene rings is 10. The maximum absolute atomic E-state index is 6.27. The van der Waals surface area contributed by atoms with Crippen molar-refractivity contribution in [3.8, 4) is 50.2 Å². The summed E-state index contributed by atoms with van der Waals surface area (Å²) in [5, 5.41) is 4.78. The predicted molar refractivity (Wildman–Crippen MR) is 264 cm³/mol. The standard InChI is InChI=1S/C60H40N2O/c1-2-13-41(14-3-1)42-25-27-43(28-26-42)46-15-12-16-50(39-46)61(48-34-29-44(30-35-48)47-33-38-55-54-20-7-11-24-59(54)63-60(55)40-47)49-36-31-45(32-37-49)51-17-4-8-21-56(51)62-57-22-9-5-18-52(57)53-19-6-10-23-58(53)62/h1-40H. The van der Waals surface area contributed by atoms with E-state index in [1.807, 2.05) is 12.1 Å². The second-order valence-corrected chi connectivity index (χ2v) is 16.1. The maximum atomic E-state index is 6.27. The van der Waals surface area contributed by atoms with Crippen LogP contribution in [0.5, 0.6) is 0 Å². The Labute approximate surface area is 366 Å². The zero-order valence-corrected chi connectivity index (χ0v) is 34.4. The summed E-state index contributed by atoms with van der Waals surface area (Å²) in [6.07, 6.45) is 0. The van der Waals surface area contributed by atoms with Gasteiger partial charge in [-0.3, -0.25) is 0 Å². The van der Waals surface area contributed by atoms with Crippen molar-refractivity contribution in [1.29, 1.82) is 0 Å². The van der Waals surface area contributed by atoms with Crippen LogP contribution in [0.15, 0.2) is 247 Å². The van der Waals surface area contributed by atoms with Gasteiger partial charge in [-0.25, -0.2) is 0 Å². The third kappa shape index (κ3) is 6.46. The molecule has 0 atom stereocenters. The molecule has 0 aliphatic carbocycles. The molecule has 0 saturated heterocycles. The van der Waals surface area contributed by atoms with Crippen molar-refractivity contribution < 1.29 is 4.42 Å². The van der Waals surface area contributed by atoms with Crippen molar-refractivity contribution in [3.05, 3.63) is 243 Å². The monoisotopic (exact) mass is 804 g/mol. The molecular formula is C60H40N2O. The minimum absolute atomic E-state index is 0.896. The molecule has 2 aromatic heterocycles. The molecule has 296 valence electrons. The molecule has 2 heterocycles. The minimum atomic E-state index is 0.896. The first-order valence-electron chi connectivity index (χ1n) is 21.5. The van der Waals surface area contributed by atoms with Crippen molar-refractivity contribution in [2.45, 2.75) is 0 Å². The first kappa shape index (κ1) is 36.5. The van der Waals surface area contributed by atoms with Gasteiger partial charge in [0.05, 0.1) is 16.7 Å². The summed E-state index contributed by atoms with van der Waals surface area (Å²) in [4.78, 5) is 2.36. The average Bonchev–Trinajstić information content (AvgIpc) is 3.90. The number of aromatic nitrogens is 1. The Morgan fingerprint density at radius 2 is 0.762 bits per heavy atom. The molecule has 63 heavy (non-hydrogen) atoms. The van der Waals surface area contributed by atoms with Crippen LogP contribution in [-0.4, -0.2) is 4.57 Å². The van der Waals surface area contributed by atoms with E-state index in [0.29, 0.717) is 0 Å². The lowest BCUT2D eigenvalue weighted by molar-refractivity contribution is 0.669. The molecule has 0 spiro atoms. The van der Waals surface area contributed by atoms with Crippen molar-refractivity contribution in [1.82, 2.24) is 4.57 Å². The lowest BCUT2D eigenvalue weighted by Gasteiger charge is -2.26. The number of fused-ring (bicyclic) bond motifs is 6. The molecule has 12 aromatic rings. The highest BCUT2D eigenvalue weighted by Crippen LogP contribution is 2.41. The van der Waals surface area contributed by atoms with Gasteiger partial charge in [0.25, 0.3) is 0 Å². The Balaban J connectivity index is 0.940. The van der Waals surface area contributed by atoms with E-state index in [-0.39, 0.29) is 0 Å². The van der Waals surface area contributed by atoms with Gasteiger partial charge in [-0.15, -0.1) is 0 Å². The molecule has 0 unspecified atom stereocenters. The molecule has 0 amide bonds. The highest BCUT2D eigenvalue weighted by atomic mass is 16.3. The van der Waals surface area contributed by atoms with Crippen LogP contribution in [0.1, 0.15) is 0 Å². The van der Waals surface area contributed by atoms with Crippen molar-refractivity contribution in [2.24, 2.45) is 0 Å². The topological polar surface area (TPSA) is 21.3 Å². The fraction of sp³-hybridized carbons (Fsp3) is 0. The molecular weight excluding hydrogens is 765 g/mol. The molecule has 0 fully saturated rings. The van der Waals surface area contributed by atoms with Crippen LogP contribution in [0.3, 0.4) is 0 Å². The Morgan fingerprint density at radius 3 is 1.46 bits per heavy atom. The van der Waals surface area contributed by atoms with Crippen LogP contribution in [0.4, 0.5) is 17.1 Å². The highest BCUT2D eigenvalue weighted by molar-refractivity contribution is 6.10. The first-order chi connectivity index (χ1) is 31.2. The number of hydrogen-bond acceptors (Lipinski definition) is 2. The van der Waals surface area contributed by atoms with E-state index in [1.54, 1.807) is 0 Å². The summed E-state index contributed by atoms with van der Waals surface area (Å²) in [6.45, 7) is 0. The summed E-state index contributed by atoms with van der Waals surface area (Å²) >= 11 is 0. The Morgan fingerprint density at radius 1 is 0.286 bits per heavy atom. The second-order valence-electron chi connectivity index (χ2n) is 16.1. The van der Waals surface area contributed by atoms with Crippen LogP contribution in [0.2, 0.25) is 0 Å². The number of hydrogen-bond donors (Lipinski definition) is 0. The summed E-state index contributed by atoms with van der Waals surface area (Å²) in [6, 6.07) is 87.1. The van der Waals surface area contributed by atoms with Crippen LogP contribution in [0, 0.1) is 0 Å². The van der Waals surface area contributed by atoms with Gasteiger partial charge in [0, 0.05) is 44.2 Å². The zero-order chi connectivity index (χ0) is 41.7. The van der Waals surface area contributed by atoms with Crippen molar-refractivity contribution in [2.75, 3.05) is 4.90 Å². The molecule has 3 heteroatoms. The lowest BCUT2D eigenvalue weighted by Crippen LogP contribution is -2.10. The molecule has 0 aliphatic rings. The Bertz CT molecular complexity index is 3550. The Kier molecular flexibility index (Phi) is 8.83. The predicted octanol–water partition coefficient (Wildman–Crippen LogP) is 16.8. The summed E-state index contributed by atoms with van der Waals surface area (Å²) < 4.78 is 8.68. The zero-order valence-electron chi connectivity index (χ0n) is 34.4. The van der Waals surface area contributed by atoms with Gasteiger partial charge < -0.3 is 13.9 Å². The summed E-state index contributed by atoms with van der Waals surface area (Å²) in [7, 11) is 0. The van der Waals surface area contributed by atoms with Crippen LogP contribution in [-0.2, 0) is 0 Å². The molecule has 0 bridgehead atoms. The van der Waals surface area contributed by atoms with Gasteiger partial charge in [0.1, 0.15) is 11.2 Å². The van der Waals surface area contributed by atoms with Crippen LogP contribution in [0.25, 0.3) is 93.9 Å². The average molecular weight is 805 g/mol. The van der Waals surface area contributed by atoms with Gasteiger partial charge in [-0.05, 0) is 112 Å². The molecule has 0 N–H and O–H groups in total. The van der Waals surface area contributed by atoms with Gasteiger partial charge in [-0.1, -0.05) is 170 Å². The summed E-state index contributed by atoms with van der Waals surface area (Å²) in [5.41, 5.74) is 17.9. The molecule has 0 radical (unpaired) electrons. The van der Waals surface area contributed by atoms with E-state index in [0.717, 1.165) is 66.9 Å². The van der Waals surface area contributed by atoms with Gasteiger partial charge in [0.15, 0.2) is 0 Å². The summed E-state index contributed by atoms with van der Waals surface area (Å²) in [5.74, 6) is 0. The minimum Gasteiger partial charge on any atom is -0.456 e. The number of para-hydroxylation sites is 4. The van der Waals surface area contributed by atoms with Crippen LogP contribution >= 0.6 is 0 Å². The SMILES string of the molecule is c1ccc(-c2ccc(-c3cccc(N(c4ccc(-c5ccc6c(c5)oc5ccccc56)cc4)c4ccc(-c5ccccc5-n5c6ccccc6c6ccccc65)cc4)c3)cc2)cc1. The second kappa shape index (κ2) is 15.3. The third-order valence-electron chi connectivity index (χ3n) is 12.4. The van der Waals surface area contributed by atoms with E-state index in [4.69, 9.17) is 4.42 Å². The fourth-order valence-corrected chi connectivity index (χ4v) is 9.35. The number of anilines is 3. The van der Waals surface area contributed by atoms with Crippen LogP contribution < -0.4 is 4.90 Å². The van der Waals surface area contributed by atoms with E-state index >= 15 is 0 Å². The maximum Gasteiger partial charge on any atom is 0.136 e. The molecule has 0 aliphatic heterocycles. The first-order valence-corrected chi connectivity index (χ1v) is 21.5. The van der Waals surface area contributed by atoms with E-state index in [1.165, 1.54) is 44.1 Å². The van der Waals surface area contributed by atoms with Gasteiger partial charge >= 0.3 is 0 Å². The normalized spacial score (nSPS) is 11.5. The molecule has 10 aromatic carbocycles. The Hall–Kier alpha value is -8.40. The smallest absolute Gasteiger partial charge is 0.136 e. The van der Waals surface area contributed by atoms with E-state index in [9.17, 15) is 0 Å². The number of furan rings is 1. The highest BCUT2D eigenvalue weighted by Gasteiger charge is 2.18. The van der Waals surface area contributed by atoms with Crippen molar-refractivity contribution in [3.63, 3.8) is 0 Å². The molecule has 3 nitrogen and oxygen atoms in total. The van der Waals surface area contributed by atoms with Gasteiger partial charge in [0.2, 0.25) is 0 Å². The largest absolute Gasteiger partial charge is 0.456 e. The van der Waals surface area contributed by atoms with Gasteiger partial charge in [-0.2, -0.15) is 0 Å². The van der Waals surface area contributed by atoms with Crippen molar-refractivity contribution >= 4 is 60.8 Å². The van der Waals surface area contributed by atoms with E-state index in [2.05, 4.69) is 240 Å².